The Bertz CT molecular complexity index is 643. The van der Waals surface area contributed by atoms with Gasteiger partial charge in [0.05, 0.1) is 32.7 Å². The van der Waals surface area contributed by atoms with Crippen LogP contribution in [0.2, 0.25) is 0 Å². The third-order valence-corrected chi connectivity index (χ3v) is 4.37. The minimum absolute atomic E-state index is 0.0980. The van der Waals surface area contributed by atoms with Gasteiger partial charge in [-0.2, -0.15) is 0 Å². The van der Waals surface area contributed by atoms with E-state index in [-0.39, 0.29) is 24.9 Å². The molecule has 0 aromatic heterocycles. The van der Waals surface area contributed by atoms with Crippen LogP contribution >= 0.6 is 0 Å². The zero-order valence-electron chi connectivity index (χ0n) is 14.1. The molecule has 8 heteroatoms. The number of ether oxygens (including phenoxy) is 2. The topological polar surface area (TPSA) is 84.9 Å². The molecular formula is C15H24N2O5S. The fourth-order valence-electron chi connectivity index (χ4n) is 1.94. The molecule has 0 aliphatic carbocycles. The molecule has 1 aromatic carbocycles. The number of hydrogen-bond acceptors (Lipinski definition) is 5. The molecule has 0 spiro atoms. The fraction of sp³-hybridized carbons (Fsp3) is 0.533. The largest absolute Gasteiger partial charge is 0.497 e. The minimum atomic E-state index is -3.55. The van der Waals surface area contributed by atoms with Crippen LogP contribution in [0.25, 0.3) is 0 Å². The number of nitrogens with zero attached hydrogens (tertiary/aromatic N) is 1. The van der Waals surface area contributed by atoms with Crippen LogP contribution in [0.15, 0.2) is 18.2 Å². The van der Waals surface area contributed by atoms with Crippen LogP contribution in [0.3, 0.4) is 0 Å². The van der Waals surface area contributed by atoms with E-state index in [1.165, 1.54) is 18.5 Å². The number of anilines is 1. The average molecular weight is 344 g/mol. The Hall–Kier alpha value is -1.96. The van der Waals surface area contributed by atoms with Crippen molar-refractivity contribution in [2.45, 2.75) is 13.8 Å². The third kappa shape index (κ3) is 5.31. The van der Waals surface area contributed by atoms with Gasteiger partial charge in [0.1, 0.15) is 11.5 Å². The molecule has 0 saturated heterocycles. The summed E-state index contributed by atoms with van der Waals surface area (Å²) >= 11 is 0. The highest BCUT2D eigenvalue weighted by Crippen LogP contribution is 2.33. The second kappa shape index (κ2) is 8.05. The summed E-state index contributed by atoms with van der Waals surface area (Å²) in [6, 6.07) is 4.91. The number of hydrogen-bond donors (Lipinski definition) is 1. The van der Waals surface area contributed by atoms with Gasteiger partial charge in [-0.1, -0.05) is 13.8 Å². The van der Waals surface area contributed by atoms with Gasteiger partial charge in [-0.15, -0.1) is 0 Å². The lowest BCUT2D eigenvalue weighted by Crippen LogP contribution is -2.39. The van der Waals surface area contributed by atoms with Crippen molar-refractivity contribution in [2.24, 2.45) is 5.92 Å². The molecule has 1 N–H and O–H groups in total. The molecular weight excluding hydrogens is 320 g/mol. The van der Waals surface area contributed by atoms with E-state index < -0.39 is 10.0 Å². The predicted molar refractivity (Wildman–Crippen MR) is 89.6 cm³/mol. The van der Waals surface area contributed by atoms with Crippen molar-refractivity contribution in [1.82, 2.24) is 5.32 Å². The van der Waals surface area contributed by atoms with Crippen LogP contribution in [0.4, 0.5) is 5.69 Å². The van der Waals surface area contributed by atoms with Crippen molar-refractivity contribution in [1.29, 1.82) is 0 Å². The predicted octanol–water partition coefficient (Wildman–Crippen LogP) is 1.24. The first-order valence-corrected chi connectivity index (χ1v) is 9.03. The molecule has 7 nitrogen and oxygen atoms in total. The molecule has 1 aromatic rings. The Kier molecular flexibility index (Phi) is 6.68. The first-order valence-electron chi connectivity index (χ1n) is 7.18. The maximum Gasteiger partial charge on any atom is 0.232 e. The lowest BCUT2D eigenvalue weighted by atomic mass is 10.2. The van der Waals surface area contributed by atoms with E-state index in [2.05, 4.69) is 5.32 Å². The number of sulfonamides is 1. The Morgan fingerprint density at radius 1 is 1.26 bits per heavy atom. The number of methoxy groups -OCH3 is 2. The Balaban J connectivity index is 3.06. The highest BCUT2D eigenvalue weighted by atomic mass is 32.2. The Morgan fingerprint density at radius 2 is 1.91 bits per heavy atom. The van der Waals surface area contributed by atoms with Crippen LogP contribution in [0, 0.1) is 5.92 Å². The van der Waals surface area contributed by atoms with E-state index in [0.717, 1.165) is 6.26 Å². The van der Waals surface area contributed by atoms with Crippen LogP contribution < -0.4 is 19.1 Å². The second-order valence-electron chi connectivity index (χ2n) is 5.32. The molecule has 0 saturated carbocycles. The molecule has 0 heterocycles. The smallest absolute Gasteiger partial charge is 0.232 e. The average Bonchev–Trinajstić information content (AvgIpc) is 2.49. The monoisotopic (exact) mass is 344 g/mol. The van der Waals surface area contributed by atoms with E-state index in [1.54, 1.807) is 32.0 Å². The highest BCUT2D eigenvalue weighted by Gasteiger charge is 2.22. The van der Waals surface area contributed by atoms with Crippen LogP contribution in [-0.4, -0.2) is 47.9 Å². The number of nitrogens with one attached hydrogen (secondary N) is 1. The second-order valence-corrected chi connectivity index (χ2v) is 7.23. The van der Waals surface area contributed by atoms with Gasteiger partial charge in [0.15, 0.2) is 0 Å². The molecule has 0 aliphatic heterocycles. The Morgan fingerprint density at radius 3 is 2.39 bits per heavy atom. The zero-order valence-corrected chi connectivity index (χ0v) is 14.9. The van der Waals surface area contributed by atoms with Gasteiger partial charge in [-0.25, -0.2) is 8.42 Å². The van der Waals surface area contributed by atoms with Crippen molar-refractivity contribution < 1.29 is 22.7 Å². The lowest BCUT2D eigenvalue weighted by molar-refractivity contribution is -0.123. The fourth-order valence-corrected chi connectivity index (χ4v) is 2.86. The van der Waals surface area contributed by atoms with Gasteiger partial charge in [-0.3, -0.25) is 9.10 Å². The summed E-state index contributed by atoms with van der Waals surface area (Å²) in [4.78, 5) is 11.6. The number of benzene rings is 1. The molecule has 0 radical (unpaired) electrons. The standard InChI is InChI=1S/C15H24N2O5S/c1-11(2)15(18)16-8-9-17(23(5,19)20)13-10-12(21-3)6-7-14(13)22-4/h6-7,10-11H,8-9H2,1-5H3,(H,16,18). The third-order valence-electron chi connectivity index (χ3n) is 3.19. The Labute approximate surface area is 137 Å². The van der Waals surface area contributed by atoms with Gasteiger partial charge in [0.2, 0.25) is 15.9 Å². The highest BCUT2D eigenvalue weighted by molar-refractivity contribution is 7.92. The lowest BCUT2D eigenvalue weighted by Gasteiger charge is -2.25. The molecule has 0 aliphatic rings. The first-order chi connectivity index (χ1) is 10.7. The molecule has 0 unspecified atom stereocenters. The van der Waals surface area contributed by atoms with Crippen molar-refractivity contribution >= 4 is 21.6 Å². The van der Waals surface area contributed by atoms with Crippen LogP contribution in [0.5, 0.6) is 11.5 Å². The quantitative estimate of drug-likeness (QED) is 0.767. The summed E-state index contributed by atoms with van der Waals surface area (Å²) in [5.41, 5.74) is 0.369. The maximum absolute atomic E-state index is 12.1. The summed E-state index contributed by atoms with van der Waals surface area (Å²) in [6.07, 6.45) is 1.11. The molecule has 23 heavy (non-hydrogen) atoms. The van der Waals surface area contributed by atoms with E-state index in [1.807, 2.05) is 0 Å². The minimum Gasteiger partial charge on any atom is -0.497 e. The first kappa shape index (κ1) is 19.1. The maximum atomic E-state index is 12.1. The van der Waals surface area contributed by atoms with E-state index in [9.17, 15) is 13.2 Å². The van der Waals surface area contributed by atoms with Crippen LogP contribution in [-0.2, 0) is 14.8 Å². The van der Waals surface area contributed by atoms with Gasteiger partial charge in [0, 0.05) is 18.5 Å². The van der Waals surface area contributed by atoms with Crippen molar-refractivity contribution in [3.05, 3.63) is 18.2 Å². The van der Waals surface area contributed by atoms with Crippen molar-refractivity contribution in [2.75, 3.05) is 37.9 Å². The van der Waals surface area contributed by atoms with E-state index in [4.69, 9.17) is 9.47 Å². The van der Waals surface area contributed by atoms with Crippen molar-refractivity contribution in [3.8, 4) is 11.5 Å². The molecule has 1 rings (SSSR count). The van der Waals surface area contributed by atoms with Crippen molar-refractivity contribution in [3.63, 3.8) is 0 Å². The molecule has 130 valence electrons. The number of rotatable bonds is 8. The molecule has 1 amide bonds. The van der Waals surface area contributed by atoms with Gasteiger partial charge in [-0.05, 0) is 12.1 Å². The number of carbonyl (C=O) groups is 1. The van der Waals surface area contributed by atoms with Crippen LogP contribution in [0.1, 0.15) is 13.8 Å². The van der Waals surface area contributed by atoms with Gasteiger partial charge in [0.25, 0.3) is 0 Å². The number of amides is 1. The summed E-state index contributed by atoms with van der Waals surface area (Å²) < 4.78 is 35.8. The molecule has 0 bridgehead atoms. The van der Waals surface area contributed by atoms with Gasteiger partial charge < -0.3 is 14.8 Å². The normalized spacial score (nSPS) is 11.2. The molecule has 0 atom stereocenters. The number of carbonyl (C=O) groups excluding carboxylic acids is 1. The van der Waals surface area contributed by atoms with E-state index >= 15 is 0 Å². The summed E-state index contributed by atoms with van der Waals surface area (Å²) in [5.74, 6) is 0.635. The summed E-state index contributed by atoms with van der Waals surface area (Å²) in [7, 11) is -0.583. The summed E-state index contributed by atoms with van der Waals surface area (Å²) in [6.45, 7) is 3.84. The zero-order chi connectivity index (χ0) is 17.6. The molecule has 0 fully saturated rings. The SMILES string of the molecule is COc1ccc(OC)c(N(CCNC(=O)C(C)C)S(C)(=O)=O)c1. The van der Waals surface area contributed by atoms with Gasteiger partial charge >= 0.3 is 0 Å². The van der Waals surface area contributed by atoms with E-state index in [0.29, 0.717) is 17.2 Å². The summed E-state index contributed by atoms with van der Waals surface area (Å²) in [5, 5.41) is 2.70.